The molecule has 13 heavy (non-hydrogen) atoms. The molecule has 0 radical (unpaired) electrons. The molecule has 0 unspecified atom stereocenters. The highest BCUT2D eigenvalue weighted by atomic mass is 79.9. The molecule has 0 aliphatic rings. The van der Waals surface area contributed by atoms with Gasteiger partial charge in [0, 0.05) is 10.0 Å². The Labute approximate surface area is 89.3 Å². The Hall–Kier alpha value is -0.850. The third kappa shape index (κ3) is 2.09. The number of carbonyl (C=O) groups excluding carboxylic acids is 1. The Kier molecular flexibility index (Phi) is 3.07. The monoisotopic (exact) mass is 257 g/mol. The first-order chi connectivity index (χ1) is 6.06. The van der Waals surface area contributed by atoms with Crippen molar-refractivity contribution in [3.8, 4) is 6.07 Å². The highest BCUT2D eigenvalue weighted by Gasteiger charge is 2.09. The fraction of sp³-hybridized carbons (Fsp3) is 0.111. The number of Topliss-reactive ketones (excluding diaryl/α,β-unsaturated/α-hetero) is 1. The first-order valence-corrected chi connectivity index (χ1v) is 4.63. The van der Waals surface area contributed by atoms with Gasteiger partial charge in [0.2, 0.25) is 0 Å². The van der Waals surface area contributed by atoms with E-state index in [1.165, 1.54) is 13.0 Å². The van der Waals surface area contributed by atoms with Crippen LogP contribution in [0.25, 0.3) is 0 Å². The van der Waals surface area contributed by atoms with Crippen molar-refractivity contribution in [2.24, 2.45) is 0 Å². The van der Waals surface area contributed by atoms with E-state index in [4.69, 9.17) is 16.9 Å². The van der Waals surface area contributed by atoms with Crippen LogP contribution in [-0.4, -0.2) is 5.78 Å². The largest absolute Gasteiger partial charge is 0.294 e. The molecule has 0 aliphatic heterocycles. The molecule has 1 rings (SSSR count). The molecule has 0 aromatic heterocycles. The van der Waals surface area contributed by atoms with E-state index < -0.39 is 0 Å². The molecule has 0 bridgehead atoms. The molecule has 0 amide bonds. The standard InChI is InChI=1S/C9H5BrClNO/c1-5(13)7-3-8(10)9(11)2-6(7)4-12/h2-3H,1H3. The van der Waals surface area contributed by atoms with Crippen LogP contribution in [0.15, 0.2) is 16.6 Å². The maximum absolute atomic E-state index is 11.1. The van der Waals surface area contributed by atoms with Gasteiger partial charge in [0.1, 0.15) is 0 Å². The van der Waals surface area contributed by atoms with E-state index in [0.717, 1.165) is 0 Å². The molecule has 0 N–H and O–H groups in total. The molecule has 0 fully saturated rings. The number of nitrogens with zero attached hydrogens (tertiary/aromatic N) is 1. The third-order valence-electron chi connectivity index (χ3n) is 1.56. The maximum atomic E-state index is 11.1. The van der Waals surface area contributed by atoms with Gasteiger partial charge >= 0.3 is 0 Å². The predicted molar refractivity (Wildman–Crippen MR) is 53.9 cm³/mol. The second-order valence-corrected chi connectivity index (χ2v) is 3.74. The number of hydrogen-bond donors (Lipinski definition) is 0. The zero-order chi connectivity index (χ0) is 10.0. The summed E-state index contributed by atoms with van der Waals surface area (Å²) < 4.78 is 0.623. The summed E-state index contributed by atoms with van der Waals surface area (Å²) in [6, 6.07) is 4.95. The summed E-state index contributed by atoms with van der Waals surface area (Å²) in [4.78, 5) is 11.1. The van der Waals surface area contributed by atoms with E-state index in [2.05, 4.69) is 15.9 Å². The number of benzene rings is 1. The lowest BCUT2D eigenvalue weighted by Crippen LogP contribution is -1.96. The van der Waals surface area contributed by atoms with Crippen molar-refractivity contribution in [3.63, 3.8) is 0 Å². The fourth-order valence-corrected chi connectivity index (χ4v) is 1.44. The highest BCUT2D eigenvalue weighted by Crippen LogP contribution is 2.26. The van der Waals surface area contributed by atoms with Gasteiger partial charge in [-0.3, -0.25) is 4.79 Å². The van der Waals surface area contributed by atoms with Gasteiger partial charge in [-0.05, 0) is 35.0 Å². The minimum Gasteiger partial charge on any atom is -0.294 e. The molecule has 4 heteroatoms. The van der Waals surface area contributed by atoms with E-state index in [0.29, 0.717) is 20.6 Å². The normalized spacial score (nSPS) is 9.38. The topological polar surface area (TPSA) is 40.9 Å². The summed E-state index contributed by atoms with van der Waals surface area (Å²) in [5.41, 5.74) is 0.694. The van der Waals surface area contributed by atoms with E-state index in [1.54, 1.807) is 6.07 Å². The summed E-state index contributed by atoms with van der Waals surface area (Å²) in [5, 5.41) is 9.14. The van der Waals surface area contributed by atoms with Crippen LogP contribution in [0, 0.1) is 11.3 Å². The van der Waals surface area contributed by atoms with E-state index in [1.807, 2.05) is 6.07 Å². The molecule has 0 spiro atoms. The molecule has 0 aliphatic carbocycles. The fourth-order valence-electron chi connectivity index (χ4n) is 0.931. The molecule has 1 aromatic rings. The summed E-state index contributed by atoms with van der Waals surface area (Å²) in [5.74, 6) is -0.145. The minimum atomic E-state index is -0.145. The zero-order valence-electron chi connectivity index (χ0n) is 6.77. The van der Waals surface area contributed by atoms with Gasteiger partial charge in [-0.15, -0.1) is 0 Å². The van der Waals surface area contributed by atoms with Gasteiger partial charge in [-0.25, -0.2) is 0 Å². The van der Waals surface area contributed by atoms with Gasteiger partial charge in [0.05, 0.1) is 16.7 Å². The zero-order valence-corrected chi connectivity index (χ0v) is 9.11. The lowest BCUT2D eigenvalue weighted by molar-refractivity contribution is 0.101. The van der Waals surface area contributed by atoms with Crippen molar-refractivity contribution < 1.29 is 4.79 Å². The highest BCUT2D eigenvalue weighted by molar-refractivity contribution is 9.10. The summed E-state index contributed by atoms with van der Waals surface area (Å²) in [6.07, 6.45) is 0. The van der Waals surface area contributed by atoms with Gasteiger partial charge in [0.15, 0.2) is 5.78 Å². The van der Waals surface area contributed by atoms with Crippen molar-refractivity contribution in [2.45, 2.75) is 6.92 Å². The molecule has 0 saturated heterocycles. The average molecular weight is 259 g/mol. The van der Waals surface area contributed by atoms with Crippen LogP contribution >= 0.6 is 27.5 Å². The molecule has 0 saturated carbocycles. The lowest BCUT2D eigenvalue weighted by atomic mass is 10.1. The Bertz CT molecular complexity index is 409. The van der Waals surface area contributed by atoms with E-state index >= 15 is 0 Å². The molecule has 0 heterocycles. The van der Waals surface area contributed by atoms with Crippen LogP contribution in [-0.2, 0) is 0 Å². The van der Waals surface area contributed by atoms with Gasteiger partial charge in [0.25, 0.3) is 0 Å². The SMILES string of the molecule is CC(=O)c1cc(Br)c(Cl)cc1C#N. The molecular formula is C9H5BrClNO. The molecule has 2 nitrogen and oxygen atoms in total. The van der Waals surface area contributed by atoms with Crippen molar-refractivity contribution >= 4 is 33.3 Å². The molecule has 66 valence electrons. The number of rotatable bonds is 1. The van der Waals surface area contributed by atoms with Crippen molar-refractivity contribution in [3.05, 3.63) is 32.8 Å². The number of halogens is 2. The number of hydrogen-bond acceptors (Lipinski definition) is 2. The second-order valence-electron chi connectivity index (χ2n) is 2.48. The summed E-state index contributed by atoms with van der Waals surface area (Å²) in [7, 11) is 0. The van der Waals surface area contributed by atoms with E-state index in [-0.39, 0.29) is 5.78 Å². The molecule has 1 aromatic carbocycles. The summed E-state index contributed by atoms with van der Waals surface area (Å²) >= 11 is 8.94. The Morgan fingerprint density at radius 1 is 1.62 bits per heavy atom. The quantitative estimate of drug-likeness (QED) is 0.726. The van der Waals surface area contributed by atoms with Crippen LogP contribution in [0.1, 0.15) is 22.8 Å². The van der Waals surface area contributed by atoms with Gasteiger partial charge < -0.3 is 0 Å². The van der Waals surface area contributed by atoms with Crippen LogP contribution in [0.4, 0.5) is 0 Å². The average Bonchev–Trinajstić information content (AvgIpc) is 2.08. The number of nitriles is 1. The van der Waals surface area contributed by atoms with Gasteiger partial charge in [-0.2, -0.15) is 5.26 Å². The van der Waals surface area contributed by atoms with Crippen molar-refractivity contribution in [2.75, 3.05) is 0 Å². The predicted octanol–water partition coefficient (Wildman–Crippen LogP) is 3.18. The Balaban J connectivity index is 3.44. The third-order valence-corrected chi connectivity index (χ3v) is 2.76. The number of carbonyl (C=O) groups is 1. The first kappa shape index (κ1) is 10.2. The van der Waals surface area contributed by atoms with Crippen molar-refractivity contribution in [1.29, 1.82) is 5.26 Å². The van der Waals surface area contributed by atoms with Crippen LogP contribution in [0.5, 0.6) is 0 Å². The van der Waals surface area contributed by atoms with Crippen LogP contribution < -0.4 is 0 Å². The molecule has 0 atom stereocenters. The Morgan fingerprint density at radius 2 is 2.23 bits per heavy atom. The van der Waals surface area contributed by atoms with Crippen LogP contribution in [0.3, 0.4) is 0 Å². The minimum absolute atomic E-state index is 0.145. The second kappa shape index (κ2) is 3.91. The van der Waals surface area contributed by atoms with Crippen LogP contribution in [0.2, 0.25) is 5.02 Å². The number of ketones is 1. The first-order valence-electron chi connectivity index (χ1n) is 3.46. The Morgan fingerprint density at radius 3 is 2.69 bits per heavy atom. The summed E-state index contributed by atoms with van der Waals surface area (Å²) in [6.45, 7) is 1.41. The maximum Gasteiger partial charge on any atom is 0.161 e. The molecular weight excluding hydrogens is 253 g/mol. The lowest BCUT2D eigenvalue weighted by Gasteiger charge is -2.01. The van der Waals surface area contributed by atoms with E-state index in [9.17, 15) is 4.79 Å². The van der Waals surface area contributed by atoms with Gasteiger partial charge in [-0.1, -0.05) is 11.6 Å². The van der Waals surface area contributed by atoms with Crippen molar-refractivity contribution in [1.82, 2.24) is 0 Å². The smallest absolute Gasteiger partial charge is 0.161 e.